The van der Waals surface area contributed by atoms with Crippen molar-refractivity contribution in [3.63, 3.8) is 0 Å². The second-order valence-electron chi connectivity index (χ2n) is 8.76. The van der Waals surface area contributed by atoms with E-state index in [9.17, 15) is 14.0 Å². The zero-order chi connectivity index (χ0) is 22.8. The van der Waals surface area contributed by atoms with Crippen molar-refractivity contribution in [2.45, 2.75) is 24.9 Å². The maximum atomic E-state index is 13.7. The summed E-state index contributed by atoms with van der Waals surface area (Å²) in [5.41, 5.74) is 0.420. The van der Waals surface area contributed by atoms with Gasteiger partial charge in [0.05, 0.1) is 25.4 Å². The third-order valence-corrected chi connectivity index (χ3v) is 6.60. The van der Waals surface area contributed by atoms with Crippen molar-refractivity contribution >= 4 is 23.5 Å². The van der Waals surface area contributed by atoms with Gasteiger partial charge in [0.2, 0.25) is 0 Å². The van der Waals surface area contributed by atoms with Gasteiger partial charge in [0.15, 0.2) is 0 Å². The Morgan fingerprint density at radius 1 is 1.06 bits per heavy atom. The highest BCUT2D eigenvalue weighted by Crippen LogP contribution is 2.36. The standard InChI is InChI=1S/C24H27FN4O4/c25-19-3-1-4-20(16-19)29-17-24(33-23(29)31)6-2-9-28(10-7-24)22(30)18-5-8-26-21(15-18)27-11-13-32-14-12-27/h1,3-5,8,15-16H,2,6-7,9-14,17H2. The summed E-state index contributed by atoms with van der Waals surface area (Å²) in [6.45, 7) is 4.24. The van der Waals surface area contributed by atoms with Crippen LogP contribution in [-0.2, 0) is 9.47 Å². The Kier molecular flexibility index (Phi) is 5.88. The SMILES string of the molecule is O=C(c1ccnc(N2CCOCC2)c1)N1CCCC2(CC1)CN(c1cccc(F)c1)C(=O)O2. The van der Waals surface area contributed by atoms with Crippen molar-refractivity contribution in [3.8, 4) is 0 Å². The maximum Gasteiger partial charge on any atom is 0.415 e. The number of benzene rings is 1. The molecule has 1 aromatic heterocycles. The lowest BCUT2D eigenvalue weighted by Gasteiger charge is -2.28. The Bertz CT molecular complexity index is 1040. The second kappa shape index (κ2) is 8.97. The van der Waals surface area contributed by atoms with E-state index in [1.807, 2.05) is 11.0 Å². The first-order valence-electron chi connectivity index (χ1n) is 11.4. The summed E-state index contributed by atoms with van der Waals surface area (Å²) in [4.78, 5) is 35.7. The van der Waals surface area contributed by atoms with E-state index in [-0.39, 0.29) is 5.91 Å². The third kappa shape index (κ3) is 4.50. The van der Waals surface area contributed by atoms with Crippen LogP contribution in [0.2, 0.25) is 0 Å². The Morgan fingerprint density at radius 3 is 2.73 bits per heavy atom. The number of amides is 2. The molecule has 0 radical (unpaired) electrons. The summed E-state index contributed by atoms with van der Waals surface area (Å²) in [6.07, 6.45) is 3.12. The first-order valence-corrected chi connectivity index (χ1v) is 11.4. The molecule has 2 aromatic rings. The number of ether oxygens (including phenoxy) is 2. The number of rotatable bonds is 3. The smallest absolute Gasteiger partial charge is 0.415 e. The van der Waals surface area contributed by atoms with E-state index in [1.165, 1.54) is 17.0 Å². The lowest BCUT2D eigenvalue weighted by molar-refractivity contribution is 0.0438. The van der Waals surface area contributed by atoms with Crippen LogP contribution >= 0.6 is 0 Å². The van der Waals surface area contributed by atoms with Gasteiger partial charge in [-0.2, -0.15) is 0 Å². The number of morpholine rings is 1. The van der Waals surface area contributed by atoms with E-state index < -0.39 is 17.5 Å². The van der Waals surface area contributed by atoms with Crippen molar-refractivity contribution in [2.24, 2.45) is 0 Å². The average Bonchev–Trinajstić information content (AvgIpc) is 3.03. The predicted octanol–water partition coefficient (Wildman–Crippen LogP) is 3.08. The first kappa shape index (κ1) is 21.6. The first-order chi connectivity index (χ1) is 16.0. The van der Waals surface area contributed by atoms with E-state index >= 15 is 0 Å². The molecular weight excluding hydrogens is 427 g/mol. The van der Waals surface area contributed by atoms with Gasteiger partial charge < -0.3 is 19.3 Å². The molecule has 1 unspecified atom stereocenters. The molecule has 0 aliphatic carbocycles. The van der Waals surface area contributed by atoms with Gasteiger partial charge in [-0.05, 0) is 43.2 Å². The Balaban J connectivity index is 1.27. The number of carbonyl (C=O) groups is 2. The van der Waals surface area contributed by atoms with Gasteiger partial charge in [-0.25, -0.2) is 14.2 Å². The monoisotopic (exact) mass is 454 g/mol. The van der Waals surface area contributed by atoms with Crippen molar-refractivity contribution in [1.29, 1.82) is 0 Å². The molecular formula is C24H27FN4O4. The zero-order valence-corrected chi connectivity index (χ0v) is 18.4. The van der Waals surface area contributed by atoms with Gasteiger partial charge in [0.1, 0.15) is 17.2 Å². The van der Waals surface area contributed by atoms with Crippen LogP contribution in [0.5, 0.6) is 0 Å². The molecule has 8 nitrogen and oxygen atoms in total. The zero-order valence-electron chi connectivity index (χ0n) is 18.4. The van der Waals surface area contributed by atoms with Gasteiger partial charge in [-0.1, -0.05) is 6.07 Å². The van der Waals surface area contributed by atoms with Gasteiger partial charge in [-0.3, -0.25) is 9.69 Å². The molecule has 0 N–H and O–H groups in total. The van der Waals surface area contributed by atoms with Gasteiger partial charge in [0, 0.05) is 44.4 Å². The van der Waals surface area contributed by atoms with Gasteiger partial charge >= 0.3 is 6.09 Å². The molecule has 1 aromatic carbocycles. The van der Waals surface area contributed by atoms with Crippen molar-refractivity contribution in [3.05, 3.63) is 54.0 Å². The summed E-state index contributed by atoms with van der Waals surface area (Å²) in [6, 6.07) is 9.55. The minimum absolute atomic E-state index is 0.0460. The number of carbonyl (C=O) groups excluding carboxylic acids is 2. The highest BCUT2D eigenvalue weighted by molar-refractivity contribution is 5.95. The average molecular weight is 455 g/mol. The summed E-state index contributed by atoms with van der Waals surface area (Å²) in [5, 5.41) is 0. The number of anilines is 2. The normalized spacial score (nSPS) is 23.5. The highest BCUT2D eigenvalue weighted by atomic mass is 19.1. The Hall–Kier alpha value is -3.20. The molecule has 3 aliphatic rings. The molecule has 1 atom stereocenters. The van der Waals surface area contributed by atoms with Crippen molar-refractivity contribution in [2.75, 3.05) is 55.7 Å². The summed E-state index contributed by atoms with van der Waals surface area (Å²) in [5.74, 6) is 0.342. The summed E-state index contributed by atoms with van der Waals surface area (Å²) < 4.78 is 24.9. The molecule has 3 fully saturated rings. The largest absolute Gasteiger partial charge is 0.441 e. The molecule has 3 aliphatic heterocycles. The van der Waals surface area contributed by atoms with Crippen molar-refractivity contribution < 1.29 is 23.5 Å². The maximum absolute atomic E-state index is 13.7. The molecule has 0 saturated carbocycles. The van der Waals surface area contributed by atoms with Crippen LogP contribution in [0.25, 0.3) is 0 Å². The predicted molar refractivity (Wildman–Crippen MR) is 120 cm³/mol. The molecule has 4 heterocycles. The minimum atomic E-state index is -0.671. The number of aromatic nitrogens is 1. The molecule has 1 spiro atoms. The molecule has 174 valence electrons. The van der Waals surface area contributed by atoms with Crippen LogP contribution in [0.3, 0.4) is 0 Å². The number of hydrogen-bond donors (Lipinski definition) is 0. The molecule has 2 amide bonds. The fraction of sp³-hybridized carbons (Fsp3) is 0.458. The van der Waals surface area contributed by atoms with Gasteiger partial charge in [0.25, 0.3) is 5.91 Å². The van der Waals surface area contributed by atoms with Crippen molar-refractivity contribution in [1.82, 2.24) is 9.88 Å². The number of pyridine rings is 1. The molecule has 33 heavy (non-hydrogen) atoms. The number of likely N-dealkylation sites (tertiary alicyclic amines) is 1. The number of nitrogens with zero attached hydrogens (tertiary/aromatic N) is 4. The van der Waals surface area contributed by atoms with Gasteiger partial charge in [-0.15, -0.1) is 0 Å². The van der Waals surface area contributed by atoms with E-state index in [2.05, 4.69) is 9.88 Å². The van der Waals surface area contributed by atoms with E-state index in [0.717, 1.165) is 25.3 Å². The van der Waals surface area contributed by atoms with Crippen LogP contribution in [0.15, 0.2) is 42.6 Å². The van der Waals surface area contributed by atoms with E-state index in [1.54, 1.807) is 24.4 Å². The summed E-state index contributed by atoms with van der Waals surface area (Å²) in [7, 11) is 0. The van der Waals surface area contributed by atoms with Crippen LogP contribution in [0.1, 0.15) is 29.6 Å². The molecule has 5 rings (SSSR count). The minimum Gasteiger partial charge on any atom is -0.441 e. The third-order valence-electron chi connectivity index (χ3n) is 6.60. The van der Waals surface area contributed by atoms with Crippen LogP contribution in [0.4, 0.5) is 20.7 Å². The van der Waals surface area contributed by atoms with E-state index in [0.29, 0.717) is 56.9 Å². The lowest BCUT2D eigenvalue weighted by Crippen LogP contribution is -2.38. The van der Waals surface area contributed by atoms with Crippen LogP contribution in [0, 0.1) is 5.82 Å². The fourth-order valence-electron chi connectivity index (χ4n) is 4.80. The lowest BCUT2D eigenvalue weighted by atomic mass is 9.95. The summed E-state index contributed by atoms with van der Waals surface area (Å²) >= 11 is 0. The Labute approximate surface area is 191 Å². The molecule has 0 bridgehead atoms. The molecule has 9 heteroatoms. The fourth-order valence-corrected chi connectivity index (χ4v) is 4.80. The highest BCUT2D eigenvalue weighted by Gasteiger charge is 2.46. The van der Waals surface area contributed by atoms with E-state index in [4.69, 9.17) is 9.47 Å². The number of hydrogen-bond acceptors (Lipinski definition) is 6. The van der Waals surface area contributed by atoms with Crippen LogP contribution < -0.4 is 9.80 Å². The quantitative estimate of drug-likeness (QED) is 0.710. The Morgan fingerprint density at radius 2 is 1.91 bits per heavy atom. The molecule has 3 saturated heterocycles. The number of halogens is 1. The topological polar surface area (TPSA) is 75.2 Å². The van der Waals surface area contributed by atoms with Crippen LogP contribution in [-0.4, -0.2) is 73.4 Å². The second-order valence-corrected chi connectivity index (χ2v) is 8.76.